The van der Waals surface area contributed by atoms with Crippen LogP contribution in [-0.4, -0.2) is 16.5 Å². The van der Waals surface area contributed by atoms with Gasteiger partial charge in [-0.05, 0) is 55.6 Å². The van der Waals surface area contributed by atoms with E-state index in [1.807, 2.05) is 11.8 Å². The maximum absolute atomic E-state index is 4.62. The normalized spacial score (nSPS) is 18.8. The van der Waals surface area contributed by atoms with E-state index in [9.17, 15) is 0 Å². The summed E-state index contributed by atoms with van der Waals surface area (Å²) < 4.78 is 0. The van der Waals surface area contributed by atoms with Crippen LogP contribution in [0.1, 0.15) is 43.4 Å². The molecule has 2 rings (SSSR count). The smallest absolute Gasteiger partial charge is 0.0965 e. The summed E-state index contributed by atoms with van der Waals surface area (Å²) in [4.78, 5) is 4.62. The first-order chi connectivity index (χ1) is 8.63. The van der Waals surface area contributed by atoms with Gasteiger partial charge in [0.1, 0.15) is 0 Å². The lowest BCUT2D eigenvalue weighted by Crippen LogP contribution is -2.28. The van der Waals surface area contributed by atoms with Crippen molar-refractivity contribution in [2.45, 2.75) is 51.0 Å². The fraction of sp³-hybridized carbons (Fsp3) is 0.667. The van der Waals surface area contributed by atoms with Crippen LogP contribution in [0.2, 0.25) is 0 Å². The number of thiol groups is 1. The molecule has 1 heterocycles. The molecule has 1 aromatic rings. The Kier molecular flexibility index (Phi) is 5.02. The first-order valence-corrected chi connectivity index (χ1v) is 8.44. The van der Waals surface area contributed by atoms with Crippen molar-refractivity contribution in [3.8, 4) is 0 Å². The van der Waals surface area contributed by atoms with E-state index >= 15 is 0 Å². The quantitative estimate of drug-likeness (QED) is 0.636. The molecule has 1 fully saturated rings. The number of aromatic nitrogens is 1. The van der Waals surface area contributed by atoms with Crippen molar-refractivity contribution in [3.63, 3.8) is 0 Å². The van der Waals surface area contributed by atoms with E-state index in [-0.39, 0.29) is 0 Å². The Morgan fingerprint density at radius 1 is 1.22 bits per heavy atom. The average Bonchev–Trinajstić information content (AvgIpc) is 2.36. The average molecular weight is 281 g/mol. The summed E-state index contributed by atoms with van der Waals surface area (Å²) in [6, 6.07) is 4.34. The van der Waals surface area contributed by atoms with E-state index in [0.29, 0.717) is 5.41 Å². The van der Waals surface area contributed by atoms with E-state index in [2.05, 4.69) is 43.6 Å². The molecule has 0 N–H and O–H groups in total. The summed E-state index contributed by atoms with van der Waals surface area (Å²) in [6.07, 6.45) is 6.84. The van der Waals surface area contributed by atoms with Crippen LogP contribution in [0, 0.1) is 19.3 Å². The highest BCUT2D eigenvalue weighted by atomic mass is 32.2. The van der Waals surface area contributed by atoms with Crippen molar-refractivity contribution in [1.29, 1.82) is 0 Å². The Balaban J connectivity index is 2.00. The predicted molar refractivity (Wildman–Crippen MR) is 83.8 cm³/mol. The number of thioether (sulfide) groups is 1. The monoisotopic (exact) mass is 281 g/mol. The van der Waals surface area contributed by atoms with Crippen molar-refractivity contribution >= 4 is 24.4 Å². The Hall–Kier alpha value is -0.150. The molecule has 1 aliphatic carbocycles. The van der Waals surface area contributed by atoms with Crippen LogP contribution in [-0.2, 0) is 0 Å². The third-order valence-corrected chi connectivity index (χ3v) is 5.78. The minimum atomic E-state index is 0.450. The molecule has 100 valence electrons. The molecule has 1 saturated carbocycles. The Labute approximate surface area is 121 Å². The molecule has 1 nitrogen and oxygen atoms in total. The number of aryl methyl sites for hydroxylation is 2. The van der Waals surface area contributed by atoms with Crippen molar-refractivity contribution in [1.82, 2.24) is 4.98 Å². The van der Waals surface area contributed by atoms with Gasteiger partial charge in [-0.3, -0.25) is 0 Å². The second-order valence-electron chi connectivity index (χ2n) is 5.63. The number of hydrogen-bond acceptors (Lipinski definition) is 3. The highest BCUT2D eigenvalue weighted by molar-refractivity contribution is 7.99. The fourth-order valence-electron chi connectivity index (χ4n) is 2.76. The number of pyridine rings is 1. The maximum Gasteiger partial charge on any atom is 0.0965 e. The van der Waals surface area contributed by atoms with Crippen LogP contribution >= 0.6 is 24.4 Å². The Morgan fingerprint density at radius 2 is 1.94 bits per heavy atom. The summed E-state index contributed by atoms with van der Waals surface area (Å²) in [7, 11) is 0. The highest BCUT2D eigenvalue weighted by Gasteiger charge is 2.30. The zero-order valence-electron chi connectivity index (χ0n) is 11.4. The third kappa shape index (κ3) is 3.67. The molecule has 0 aliphatic heterocycles. The predicted octanol–water partition coefficient (Wildman–Crippen LogP) is 4.67. The summed E-state index contributed by atoms with van der Waals surface area (Å²) in [5, 5.41) is 1.18. The SMILES string of the molecule is Cc1cc(C)nc(SCC2(CS)CCCCC2)c1. The molecule has 0 atom stereocenters. The zero-order chi connectivity index (χ0) is 13.0. The van der Waals surface area contributed by atoms with Gasteiger partial charge >= 0.3 is 0 Å². The first kappa shape index (κ1) is 14.3. The molecule has 0 saturated heterocycles. The first-order valence-electron chi connectivity index (χ1n) is 6.83. The van der Waals surface area contributed by atoms with E-state index in [4.69, 9.17) is 0 Å². The number of nitrogens with zero attached hydrogens (tertiary/aromatic N) is 1. The van der Waals surface area contributed by atoms with Crippen LogP contribution < -0.4 is 0 Å². The minimum Gasteiger partial charge on any atom is -0.247 e. The van der Waals surface area contributed by atoms with E-state index in [1.54, 1.807) is 0 Å². The summed E-state index contributed by atoms with van der Waals surface area (Å²) >= 11 is 6.52. The van der Waals surface area contributed by atoms with Crippen LogP contribution in [0.4, 0.5) is 0 Å². The van der Waals surface area contributed by atoms with Crippen molar-refractivity contribution in [2.75, 3.05) is 11.5 Å². The van der Waals surface area contributed by atoms with Gasteiger partial charge in [-0.2, -0.15) is 12.6 Å². The van der Waals surface area contributed by atoms with Gasteiger partial charge in [0.05, 0.1) is 5.03 Å². The lowest BCUT2D eigenvalue weighted by molar-refractivity contribution is 0.258. The number of hydrogen-bond donors (Lipinski definition) is 1. The second kappa shape index (κ2) is 6.33. The maximum atomic E-state index is 4.62. The van der Waals surface area contributed by atoms with Crippen LogP contribution in [0.15, 0.2) is 17.2 Å². The lowest BCUT2D eigenvalue weighted by Gasteiger charge is -2.35. The van der Waals surface area contributed by atoms with Gasteiger partial charge in [0.25, 0.3) is 0 Å². The van der Waals surface area contributed by atoms with Gasteiger partial charge in [-0.25, -0.2) is 4.98 Å². The molecule has 0 spiro atoms. The molecule has 1 aliphatic rings. The molecule has 0 amide bonds. The molecule has 0 aromatic carbocycles. The minimum absolute atomic E-state index is 0.450. The molecule has 1 aromatic heterocycles. The van der Waals surface area contributed by atoms with Gasteiger partial charge in [0.15, 0.2) is 0 Å². The van der Waals surface area contributed by atoms with Crippen molar-refractivity contribution < 1.29 is 0 Å². The van der Waals surface area contributed by atoms with Gasteiger partial charge in [-0.1, -0.05) is 19.3 Å². The highest BCUT2D eigenvalue weighted by Crippen LogP contribution is 2.41. The second-order valence-corrected chi connectivity index (χ2v) is 6.94. The van der Waals surface area contributed by atoms with Crippen LogP contribution in [0.5, 0.6) is 0 Å². The molecule has 0 radical (unpaired) electrons. The van der Waals surface area contributed by atoms with E-state index in [1.165, 1.54) is 48.4 Å². The standard InChI is InChI=1S/C15H23NS2/c1-12-8-13(2)16-14(9-12)18-11-15(10-17)6-4-3-5-7-15/h8-9,17H,3-7,10-11H2,1-2H3. The van der Waals surface area contributed by atoms with E-state index in [0.717, 1.165) is 11.4 Å². The molecule has 3 heteroatoms. The van der Waals surface area contributed by atoms with Gasteiger partial charge in [-0.15, -0.1) is 11.8 Å². The molecular formula is C15H23NS2. The van der Waals surface area contributed by atoms with Crippen LogP contribution in [0.3, 0.4) is 0 Å². The lowest BCUT2D eigenvalue weighted by atomic mass is 9.77. The molecular weight excluding hydrogens is 258 g/mol. The number of rotatable bonds is 4. The Bertz CT molecular complexity index is 377. The van der Waals surface area contributed by atoms with Crippen molar-refractivity contribution in [2.24, 2.45) is 5.41 Å². The van der Waals surface area contributed by atoms with Crippen molar-refractivity contribution in [3.05, 3.63) is 23.4 Å². The van der Waals surface area contributed by atoms with Gasteiger partial charge < -0.3 is 0 Å². The summed E-state index contributed by atoms with van der Waals surface area (Å²) in [5.41, 5.74) is 2.89. The largest absolute Gasteiger partial charge is 0.247 e. The van der Waals surface area contributed by atoms with Gasteiger partial charge in [0, 0.05) is 11.4 Å². The molecule has 18 heavy (non-hydrogen) atoms. The fourth-order valence-corrected chi connectivity index (χ4v) is 4.66. The van der Waals surface area contributed by atoms with E-state index < -0.39 is 0 Å². The third-order valence-electron chi connectivity index (χ3n) is 3.85. The van der Waals surface area contributed by atoms with Gasteiger partial charge in [0.2, 0.25) is 0 Å². The Morgan fingerprint density at radius 3 is 2.56 bits per heavy atom. The molecule has 0 unspecified atom stereocenters. The van der Waals surface area contributed by atoms with Crippen LogP contribution in [0.25, 0.3) is 0 Å². The molecule has 0 bridgehead atoms. The topological polar surface area (TPSA) is 12.9 Å². The summed E-state index contributed by atoms with van der Waals surface area (Å²) in [5.74, 6) is 2.19. The zero-order valence-corrected chi connectivity index (χ0v) is 13.1. The summed E-state index contributed by atoms with van der Waals surface area (Å²) in [6.45, 7) is 4.22.